The molecule has 0 saturated carbocycles. The van der Waals surface area contributed by atoms with E-state index in [1.54, 1.807) is 42.6 Å². The number of aromatic nitrogens is 3. The van der Waals surface area contributed by atoms with Crippen LogP contribution in [-0.2, 0) is 0 Å². The Bertz CT molecular complexity index is 1360. The van der Waals surface area contributed by atoms with E-state index >= 15 is 0 Å². The molecule has 0 saturated heterocycles. The normalized spacial score (nSPS) is 10.8. The van der Waals surface area contributed by atoms with E-state index < -0.39 is 0 Å². The molecule has 3 aromatic carbocycles. The van der Waals surface area contributed by atoms with Crippen LogP contribution in [0.1, 0.15) is 26.5 Å². The number of imidazole rings is 1. The summed E-state index contributed by atoms with van der Waals surface area (Å²) in [4.78, 5) is 34.3. The van der Waals surface area contributed by atoms with Crippen molar-refractivity contribution in [1.29, 1.82) is 0 Å². The van der Waals surface area contributed by atoms with Crippen molar-refractivity contribution in [2.75, 3.05) is 0 Å². The highest BCUT2D eigenvalue weighted by molar-refractivity contribution is 6.08. The van der Waals surface area contributed by atoms with Gasteiger partial charge in [-0.05, 0) is 54.1 Å². The quantitative estimate of drug-likeness (QED) is 0.292. The number of nitrogens with zero attached hydrogens (tertiary/aromatic N) is 1. The predicted octanol–water partition coefficient (Wildman–Crippen LogP) is 5.39. The fourth-order valence-corrected chi connectivity index (χ4v) is 3.43. The molecule has 0 fully saturated rings. The molecular formula is C25H17N3O3. The number of fused-ring (bicyclic) bond motifs is 1. The molecule has 5 rings (SSSR count). The molecular weight excluding hydrogens is 390 g/mol. The Morgan fingerprint density at radius 3 is 2.58 bits per heavy atom. The number of para-hydroxylation sites is 2. The highest BCUT2D eigenvalue weighted by atomic mass is 16.5. The Balaban J connectivity index is 1.37. The van der Waals surface area contributed by atoms with Crippen molar-refractivity contribution >= 4 is 23.1 Å². The SMILES string of the molecule is O=Cc1cccc(-c2cc[nH]c2Oc2ccc(C(=O)c3nc4ccccc4[nH]3)cc2)c1. The van der Waals surface area contributed by atoms with Gasteiger partial charge in [0.05, 0.1) is 11.0 Å². The zero-order valence-electron chi connectivity index (χ0n) is 16.3. The van der Waals surface area contributed by atoms with E-state index in [1.807, 2.05) is 42.5 Å². The summed E-state index contributed by atoms with van der Waals surface area (Å²) in [5.41, 5.74) is 4.39. The van der Waals surface area contributed by atoms with Crippen LogP contribution in [0.4, 0.5) is 0 Å². The number of hydrogen-bond acceptors (Lipinski definition) is 4. The van der Waals surface area contributed by atoms with E-state index in [4.69, 9.17) is 4.74 Å². The zero-order chi connectivity index (χ0) is 21.2. The van der Waals surface area contributed by atoms with Gasteiger partial charge in [0.1, 0.15) is 12.0 Å². The van der Waals surface area contributed by atoms with Gasteiger partial charge in [0.2, 0.25) is 11.7 Å². The number of aromatic amines is 2. The lowest BCUT2D eigenvalue weighted by Gasteiger charge is -2.08. The van der Waals surface area contributed by atoms with Crippen LogP contribution in [0.25, 0.3) is 22.2 Å². The second kappa shape index (κ2) is 7.76. The summed E-state index contributed by atoms with van der Waals surface area (Å²) in [5.74, 6) is 1.25. The number of hydrogen-bond donors (Lipinski definition) is 2. The second-order valence-electron chi connectivity index (χ2n) is 7.02. The average Bonchev–Trinajstić information content (AvgIpc) is 3.46. The van der Waals surface area contributed by atoms with E-state index in [-0.39, 0.29) is 5.78 Å². The highest BCUT2D eigenvalue weighted by Crippen LogP contribution is 2.32. The van der Waals surface area contributed by atoms with Gasteiger partial charge < -0.3 is 14.7 Å². The summed E-state index contributed by atoms with van der Waals surface area (Å²) in [7, 11) is 0. The van der Waals surface area contributed by atoms with E-state index in [0.717, 1.165) is 28.4 Å². The van der Waals surface area contributed by atoms with Crippen LogP contribution in [0.2, 0.25) is 0 Å². The molecule has 0 bridgehead atoms. The maximum Gasteiger partial charge on any atom is 0.228 e. The topological polar surface area (TPSA) is 87.8 Å². The van der Waals surface area contributed by atoms with E-state index in [9.17, 15) is 9.59 Å². The standard InChI is InChI=1S/C25H17N3O3/c29-15-16-4-3-5-18(14-16)20-12-13-26-25(20)31-19-10-8-17(9-11-19)23(30)24-27-21-6-1-2-7-22(21)28-24/h1-15,26H,(H,27,28). The molecule has 6 heteroatoms. The summed E-state index contributed by atoms with van der Waals surface area (Å²) in [6.07, 6.45) is 2.59. The summed E-state index contributed by atoms with van der Waals surface area (Å²) < 4.78 is 5.99. The summed E-state index contributed by atoms with van der Waals surface area (Å²) in [6, 6.07) is 23.6. The van der Waals surface area contributed by atoms with Gasteiger partial charge in [-0.1, -0.05) is 30.3 Å². The molecule has 150 valence electrons. The molecule has 2 heterocycles. The first-order valence-electron chi connectivity index (χ1n) is 9.71. The monoisotopic (exact) mass is 407 g/mol. The smallest absolute Gasteiger partial charge is 0.228 e. The molecule has 2 aromatic heterocycles. The lowest BCUT2D eigenvalue weighted by Crippen LogP contribution is -2.03. The third kappa shape index (κ3) is 3.62. The molecule has 0 aliphatic rings. The molecule has 2 N–H and O–H groups in total. The van der Waals surface area contributed by atoms with Crippen molar-refractivity contribution in [1.82, 2.24) is 15.0 Å². The number of H-pyrrole nitrogens is 2. The first kappa shape index (κ1) is 18.6. The molecule has 31 heavy (non-hydrogen) atoms. The maximum atomic E-state index is 12.8. The number of nitrogens with one attached hydrogen (secondary N) is 2. The number of ketones is 1. The summed E-state index contributed by atoms with van der Waals surface area (Å²) >= 11 is 0. The summed E-state index contributed by atoms with van der Waals surface area (Å²) in [6.45, 7) is 0. The van der Waals surface area contributed by atoms with Crippen LogP contribution in [0.3, 0.4) is 0 Å². The fourth-order valence-electron chi connectivity index (χ4n) is 3.43. The van der Waals surface area contributed by atoms with Gasteiger partial charge in [0.15, 0.2) is 5.82 Å². The Hall–Kier alpha value is -4.45. The van der Waals surface area contributed by atoms with Crippen molar-refractivity contribution < 1.29 is 14.3 Å². The first-order chi connectivity index (χ1) is 15.2. The van der Waals surface area contributed by atoms with Crippen LogP contribution in [0.15, 0.2) is 85.1 Å². The van der Waals surface area contributed by atoms with Crippen molar-refractivity contribution in [3.63, 3.8) is 0 Å². The third-order valence-corrected chi connectivity index (χ3v) is 4.98. The lowest BCUT2D eigenvalue weighted by molar-refractivity contribution is 0.103. The van der Waals surface area contributed by atoms with Crippen LogP contribution < -0.4 is 4.74 Å². The zero-order valence-corrected chi connectivity index (χ0v) is 16.3. The Kier molecular flexibility index (Phi) is 4.65. The van der Waals surface area contributed by atoms with Gasteiger partial charge >= 0.3 is 0 Å². The van der Waals surface area contributed by atoms with Crippen molar-refractivity contribution in [3.8, 4) is 22.8 Å². The van der Waals surface area contributed by atoms with Gasteiger partial charge in [0.25, 0.3) is 0 Å². The van der Waals surface area contributed by atoms with Gasteiger partial charge in [-0.2, -0.15) is 0 Å². The Labute approximate surface area is 177 Å². The molecule has 0 aliphatic carbocycles. The van der Waals surface area contributed by atoms with Crippen LogP contribution in [0.5, 0.6) is 11.6 Å². The molecule has 0 aliphatic heterocycles. The van der Waals surface area contributed by atoms with Crippen molar-refractivity contribution in [2.24, 2.45) is 0 Å². The number of ether oxygens (including phenoxy) is 1. The van der Waals surface area contributed by atoms with E-state index in [1.165, 1.54) is 0 Å². The first-order valence-corrected chi connectivity index (χ1v) is 9.71. The third-order valence-electron chi connectivity index (χ3n) is 4.98. The minimum Gasteiger partial charge on any atom is -0.440 e. The maximum absolute atomic E-state index is 12.8. The van der Waals surface area contributed by atoms with Gasteiger partial charge in [0, 0.05) is 22.9 Å². The number of rotatable bonds is 6. The number of carbonyl (C=O) groups excluding carboxylic acids is 2. The largest absolute Gasteiger partial charge is 0.440 e. The predicted molar refractivity (Wildman–Crippen MR) is 118 cm³/mol. The lowest BCUT2D eigenvalue weighted by atomic mass is 10.1. The van der Waals surface area contributed by atoms with E-state index in [2.05, 4.69) is 15.0 Å². The molecule has 0 spiro atoms. The van der Waals surface area contributed by atoms with E-state index in [0.29, 0.717) is 28.6 Å². The molecule has 0 amide bonds. The highest BCUT2D eigenvalue weighted by Gasteiger charge is 2.15. The Morgan fingerprint density at radius 2 is 1.77 bits per heavy atom. The van der Waals surface area contributed by atoms with Crippen molar-refractivity contribution in [2.45, 2.75) is 0 Å². The molecule has 0 unspecified atom stereocenters. The van der Waals surface area contributed by atoms with Gasteiger partial charge in [-0.15, -0.1) is 0 Å². The minimum absolute atomic E-state index is 0.186. The van der Waals surface area contributed by atoms with Crippen LogP contribution in [0, 0.1) is 0 Å². The Morgan fingerprint density at radius 1 is 0.935 bits per heavy atom. The fraction of sp³-hybridized carbons (Fsp3) is 0. The van der Waals surface area contributed by atoms with Crippen molar-refractivity contribution in [3.05, 3.63) is 102 Å². The number of aldehydes is 1. The molecule has 5 aromatic rings. The van der Waals surface area contributed by atoms with Crippen LogP contribution in [-0.4, -0.2) is 27.0 Å². The second-order valence-corrected chi connectivity index (χ2v) is 7.02. The molecule has 0 atom stereocenters. The summed E-state index contributed by atoms with van der Waals surface area (Å²) in [5, 5.41) is 0. The van der Waals surface area contributed by atoms with Gasteiger partial charge in [-0.3, -0.25) is 9.59 Å². The van der Waals surface area contributed by atoms with Gasteiger partial charge in [-0.25, -0.2) is 4.98 Å². The molecule has 6 nitrogen and oxygen atoms in total. The number of carbonyl (C=O) groups is 2. The minimum atomic E-state index is -0.186. The number of benzene rings is 3. The molecule has 0 radical (unpaired) electrons. The average molecular weight is 407 g/mol. The van der Waals surface area contributed by atoms with Crippen LogP contribution >= 0.6 is 0 Å².